The van der Waals surface area contributed by atoms with Crippen LogP contribution in [-0.2, 0) is 25.5 Å². The minimum absolute atomic E-state index is 0.0400. The summed E-state index contributed by atoms with van der Waals surface area (Å²) in [7, 11) is 1.24. The quantitative estimate of drug-likeness (QED) is 0.414. The van der Waals surface area contributed by atoms with E-state index in [0.717, 1.165) is 0 Å². The van der Waals surface area contributed by atoms with E-state index in [1.54, 1.807) is 19.1 Å². The van der Waals surface area contributed by atoms with Gasteiger partial charge in [0, 0.05) is 30.9 Å². The van der Waals surface area contributed by atoms with Gasteiger partial charge < -0.3 is 10.1 Å². The maximum Gasteiger partial charge on any atom is 0.328 e. The SMILES string of the molecule is COC(=O)C(Cc1ccc([N+](=O)[O-])cc1)NC(=O)C[C@@H]1C[C@H](C(C)=O)C1(C)C. The Labute approximate surface area is 163 Å². The molecule has 28 heavy (non-hydrogen) atoms. The Balaban J connectivity index is 2.00. The molecule has 0 saturated heterocycles. The van der Waals surface area contributed by atoms with Gasteiger partial charge in [-0.15, -0.1) is 0 Å². The van der Waals surface area contributed by atoms with Gasteiger partial charge >= 0.3 is 5.97 Å². The zero-order valence-electron chi connectivity index (χ0n) is 16.6. The van der Waals surface area contributed by atoms with Gasteiger partial charge in [0.25, 0.3) is 5.69 Å². The molecule has 8 nitrogen and oxygen atoms in total. The molecule has 1 N–H and O–H groups in total. The van der Waals surface area contributed by atoms with E-state index in [2.05, 4.69) is 5.32 Å². The number of hydrogen-bond acceptors (Lipinski definition) is 6. The highest BCUT2D eigenvalue weighted by molar-refractivity contribution is 5.85. The van der Waals surface area contributed by atoms with Crippen molar-refractivity contribution in [1.82, 2.24) is 5.32 Å². The van der Waals surface area contributed by atoms with Crippen LogP contribution in [0, 0.1) is 27.4 Å². The second kappa shape index (κ2) is 8.50. The number of esters is 1. The van der Waals surface area contributed by atoms with Gasteiger partial charge in [-0.2, -0.15) is 0 Å². The van der Waals surface area contributed by atoms with E-state index >= 15 is 0 Å². The molecule has 1 aliphatic carbocycles. The van der Waals surface area contributed by atoms with Gasteiger partial charge in [0.05, 0.1) is 12.0 Å². The normalized spacial score (nSPS) is 21.1. The smallest absolute Gasteiger partial charge is 0.328 e. The molecule has 1 aromatic rings. The lowest BCUT2D eigenvalue weighted by Crippen LogP contribution is -2.51. The molecule has 8 heteroatoms. The molecule has 152 valence electrons. The number of amides is 1. The van der Waals surface area contributed by atoms with E-state index in [1.165, 1.54) is 19.2 Å². The summed E-state index contributed by atoms with van der Waals surface area (Å²) >= 11 is 0. The first-order valence-electron chi connectivity index (χ1n) is 9.17. The average Bonchev–Trinajstić information content (AvgIpc) is 2.63. The topological polar surface area (TPSA) is 116 Å². The van der Waals surface area contributed by atoms with E-state index < -0.39 is 16.9 Å². The molecule has 0 aliphatic heterocycles. The number of carbonyl (C=O) groups excluding carboxylic acids is 3. The number of ketones is 1. The van der Waals surface area contributed by atoms with Crippen molar-refractivity contribution in [2.45, 2.75) is 46.1 Å². The van der Waals surface area contributed by atoms with Gasteiger partial charge in [-0.25, -0.2) is 4.79 Å². The molecular formula is C20H26N2O6. The van der Waals surface area contributed by atoms with Crippen molar-refractivity contribution in [3.8, 4) is 0 Å². The first-order valence-corrected chi connectivity index (χ1v) is 9.17. The number of nitrogens with one attached hydrogen (secondary N) is 1. The van der Waals surface area contributed by atoms with Crippen molar-refractivity contribution in [1.29, 1.82) is 0 Å². The zero-order chi connectivity index (χ0) is 21.1. The molecule has 1 amide bonds. The Bertz CT molecular complexity index is 771. The third-order valence-electron chi connectivity index (χ3n) is 5.80. The molecule has 1 aromatic carbocycles. The Morgan fingerprint density at radius 3 is 2.36 bits per heavy atom. The number of hydrogen-bond donors (Lipinski definition) is 1. The fourth-order valence-corrected chi connectivity index (χ4v) is 3.85. The second-order valence-electron chi connectivity index (χ2n) is 7.89. The van der Waals surface area contributed by atoms with E-state index in [-0.39, 0.29) is 47.5 Å². The summed E-state index contributed by atoms with van der Waals surface area (Å²) in [4.78, 5) is 46.4. The van der Waals surface area contributed by atoms with Gasteiger partial charge in [0.1, 0.15) is 11.8 Å². The predicted molar refractivity (Wildman–Crippen MR) is 101 cm³/mol. The van der Waals surface area contributed by atoms with Gasteiger partial charge in [-0.3, -0.25) is 19.7 Å². The van der Waals surface area contributed by atoms with Crippen LogP contribution in [0.1, 0.15) is 39.2 Å². The minimum atomic E-state index is -0.884. The third kappa shape index (κ3) is 4.74. The van der Waals surface area contributed by atoms with Crippen LogP contribution in [-0.4, -0.2) is 35.7 Å². The summed E-state index contributed by atoms with van der Waals surface area (Å²) in [5.74, 6) is -0.702. The van der Waals surface area contributed by atoms with Crippen LogP contribution in [0.15, 0.2) is 24.3 Å². The summed E-state index contributed by atoms with van der Waals surface area (Å²) in [6.45, 7) is 5.53. The van der Waals surface area contributed by atoms with E-state index in [4.69, 9.17) is 4.74 Å². The van der Waals surface area contributed by atoms with Crippen LogP contribution in [0.25, 0.3) is 0 Å². The summed E-state index contributed by atoms with van der Waals surface area (Å²) in [6.07, 6.45) is 1.06. The van der Waals surface area contributed by atoms with Crippen molar-refractivity contribution < 1.29 is 24.0 Å². The Hall–Kier alpha value is -2.77. The molecule has 1 unspecified atom stereocenters. The first kappa shape index (κ1) is 21.5. The average molecular weight is 390 g/mol. The van der Waals surface area contributed by atoms with Gasteiger partial charge in [0.2, 0.25) is 5.91 Å². The second-order valence-corrected chi connectivity index (χ2v) is 7.89. The molecule has 1 saturated carbocycles. The monoisotopic (exact) mass is 390 g/mol. The molecular weight excluding hydrogens is 364 g/mol. The minimum Gasteiger partial charge on any atom is -0.467 e. The van der Waals surface area contributed by atoms with Crippen LogP contribution in [0.2, 0.25) is 0 Å². The van der Waals surface area contributed by atoms with Crippen molar-refractivity contribution >= 4 is 23.3 Å². The highest BCUT2D eigenvalue weighted by Gasteiger charge is 2.50. The zero-order valence-corrected chi connectivity index (χ0v) is 16.6. The number of methoxy groups -OCH3 is 1. The molecule has 0 heterocycles. The van der Waals surface area contributed by atoms with Gasteiger partial charge in [0.15, 0.2) is 0 Å². The molecule has 0 aromatic heterocycles. The van der Waals surface area contributed by atoms with Crippen molar-refractivity contribution in [2.75, 3.05) is 7.11 Å². The lowest BCUT2D eigenvalue weighted by molar-refractivity contribution is -0.384. The summed E-state index contributed by atoms with van der Waals surface area (Å²) in [6, 6.07) is 4.92. The van der Waals surface area contributed by atoms with Gasteiger partial charge in [-0.05, 0) is 30.2 Å². The summed E-state index contributed by atoms with van der Waals surface area (Å²) in [5, 5.41) is 13.4. The van der Waals surface area contributed by atoms with Gasteiger partial charge in [-0.1, -0.05) is 26.0 Å². The molecule has 0 bridgehead atoms. The highest BCUT2D eigenvalue weighted by Crippen LogP contribution is 2.53. The van der Waals surface area contributed by atoms with Crippen LogP contribution in [0.5, 0.6) is 0 Å². The first-order chi connectivity index (χ1) is 13.1. The van der Waals surface area contributed by atoms with E-state index in [1.807, 2.05) is 13.8 Å². The fourth-order valence-electron chi connectivity index (χ4n) is 3.85. The fraction of sp³-hybridized carbons (Fsp3) is 0.550. The summed E-state index contributed by atoms with van der Waals surface area (Å²) < 4.78 is 4.78. The van der Waals surface area contributed by atoms with Crippen molar-refractivity contribution in [3.63, 3.8) is 0 Å². The number of benzene rings is 1. The lowest BCUT2D eigenvalue weighted by atomic mass is 9.52. The Morgan fingerprint density at radius 1 is 1.29 bits per heavy atom. The number of nitro benzene ring substituents is 1. The van der Waals surface area contributed by atoms with Crippen molar-refractivity contribution in [2.24, 2.45) is 17.3 Å². The Morgan fingerprint density at radius 2 is 1.89 bits per heavy atom. The molecule has 2 rings (SSSR count). The van der Waals surface area contributed by atoms with Crippen LogP contribution in [0.4, 0.5) is 5.69 Å². The van der Waals surface area contributed by atoms with E-state index in [0.29, 0.717) is 12.0 Å². The molecule has 1 fully saturated rings. The van der Waals surface area contributed by atoms with Crippen LogP contribution >= 0.6 is 0 Å². The molecule has 0 radical (unpaired) electrons. The maximum absolute atomic E-state index is 12.5. The molecule has 0 spiro atoms. The molecule has 1 aliphatic rings. The number of ether oxygens (including phenoxy) is 1. The number of nitrogens with zero attached hydrogens (tertiary/aromatic N) is 1. The number of nitro groups is 1. The number of non-ortho nitro benzene ring substituents is 1. The maximum atomic E-state index is 12.5. The number of Topliss-reactive ketones (excluding diaryl/α,β-unsaturated/α-hetero) is 1. The standard InChI is InChI=1S/C20H26N2O6/c1-12(23)16-10-14(20(16,2)3)11-18(24)21-17(19(25)28-4)9-13-5-7-15(8-6-13)22(26)27/h5-8,14,16-17H,9-11H2,1-4H3,(H,21,24)/t14-,16+,17?/m0/s1. The molecule has 3 atom stereocenters. The predicted octanol–water partition coefficient (Wildman–Crippen LogP) is 2.44. The third-order valence-corrected chi connectivity index (χ3v) is 5.80. The summed E-state index contributed by atoms with van der Waals surface area (Å²) in [5.41, 5.74) is 0.374. The number of rotatable bonds is 8. The van der Waals surface area contributed by atoms with Crippen LogP contribution in [0.3, 0.4) is 0 Å². The lowest BCUT2D eigenvalue weighted by Gasteiger charge is -2.51. The van der Waals surface area contributed by atoms with Crippen molar-refractivity contribution in [3.05, 3.63) is 39.9 Å². The van der Waals surface area contributed by atoms with Crippen LogP contribution < -0.4 is 5.32 Å². The Kier molecular flexibility index (Phi) is 6.53. The largest absolute Gasteiger partial charge is 0.467 e. The van der Waals surface area contributed by atoms with E-state index in [9.17, 15) is 24.5 Å². The highest BCUT2D eigenvalue weighted by atomic mass is 16.6. The number of carbonyl (C=O) groups is 3.